The lowest BCUT2D eigenvalue weighted by Gasteiger charge is -2.19. The van der Waals surface area contributed by atoms with Crippen LogP contribution in [0, 0.1) is 0 Å². The van der Waals surface area contributed by atoms with Crippen LogP contribution in [0.5, 0.6) is 11.5 Å². The summed E-state index contributed by atoms with van der Waals surface area (Å²) in [5.41, 5.74) is 0.612. The molecular formula is C18H17F2N3O5S. The Labute approximate surface area is 165 Å². The van der Waals surface area contributed by atoms with Crippen molar-refractivity contribution in [2.45, 2.75) is 11.5 Å². The van der Waals surface area contributed by atoms with Gasteiger partial charge in [-0.2, -0.15) is 17.2 Å². The van der Waals surface area contributed by atoms with Gasteiger partial charge in [0.15, 0.2) is 17.3 Å². The normalized spacial score (nSPS) is 14.2. The fourth-order valence-corrected chi connectivity index (χ4v) is 4.05. The molecule has 1 N–H and O–H groups in total. The van der Waals surface area contributed by atoms with Crippen LogP contribution < -0.4 is 14.8 Å². The molecule has 2 aromatic rings. The SMILES string of the molecule is COc1ccc(NC(=O)CN(C)C2=NS(=O)(=O)c3ccccc32)cc1OC(F)F. The molecule has 11 heteroatoms. The van der Waals surface area contributed by atoms with Crippen molar-refractivity contribution in [3.8, 4) is 11.5 Å². The summed E-state index contributed by atoms with van der Waals surface area (Å²) in [6.07, 6.45) is 0. The lowest BCUT2D eigenvalue weighted by atomic mass is 10.2. The Balaban J connectivity index is 1.73. The Morgan fingerprint density at radius 1 is 1.21 bits per heavy atom. The average molecular weight is 425 g/mol. The van der Waals surface area contributed by atoms with E-state index >= 15 is 0 Å². The van der Waals surface area contributed by atoms with Crippen molar-refractivity contribution in [1.29, 1.82) is 0 Å². The van der Waals surface area contributed by atoms with Gasteiger partial charge in [-0.15, -0.1) is 4.40 Å². The summed E-state index contributed by atoms with van der Waals surface area (Å²) in [4.78, 5) is 13.8. The smallest absolute Gasteiger partial charge is 0.387 e. The van der Waals surface area contributed by atoms with Gasteiger partial charge in [0, 0.05) is 24.4 Å². The van der Waals surface area contributed by atoms with Crippen LogP contribution in [0.2, 0.25) is 0 Å². The first kappa shape index (κ1) is 20.5. The summed E-state index contributed by atoms with van der Waals surface area (Å²) in [6, 6.07) is 10.3. The van der Waals surface area contributed by atoms with Gasteiger partial charge in [-0.25, -0.2) is 0 Å². The molecule has 0 aliphatic carbocycles. The summed E-state index contributed by atoms with van der Waals surface area (Å²) in [7, 11) is -0.982. The number of alkyl halides is 2. The first-order valence-electron chi connectivity index (χ1n) is 8.29. The first-order valence-corrected chi connectivity index (χ1v) is 9.73. The molecule has 0 fully saturated rings. The van der Waals surface area contributed by atoms with Gasteiger partial charge in [0.05, 0.1) is 13.7 Å². The number of ether oxygens (including phenoxy) is 2. The van der Waals surface area contributed by atoms with Crippen LogP contribution >= 0.6 is 0 Å². The molecule has 1 heterocycles. The number of hydrogen-bond donors (Lipinski definition) is 1. The average Bonchev–Trinajstić information content (AvgIpc) is 2.93. The number of benzene rings is 2. The highest BCUT2D eigenvalue weighted by Gasteiger charge is 2.30. The Morgan fingerprint density at radius 2 is 1.93 bits per heavy atom. The number of nitrogens with zero attached hydrogens (tertiary/aromatic N) is 2. The monoisotopic (exact) mass is 425 g/mol. The quantitative estimate of drug-likeness (QED) is 0.763. The number of likely N-dealkylation sites (N-methyl/N-ethyl adjacent to an activating group) is 1. The first-order chi connectivity index (χ1) is 13.7. The minimum Gasteiger partial charge on any atom is -0.493 e. The van der Waals surface area contributed by atoms with Crippen molar-refractivity contribution < 1.29 is 31.5 Å². The molecule has 1 amide bonds. The Morgan fingerprint density at radius 3 is 2.62 bits per heavy atom. The molecule has 0 saturated carbocycles. The van der Waals surface area contributed by atoms with Crippen LogP contribution in [-0.4, -0.2) is 52.4 Å². The van der Waals surface area contributed by atoms with Crippen molar-refractivity contribution >= 4 is 27.5 Å². The minimum absolute atomic E-state index is 0.0752. The number of methoxy groups -OCH3 is 1. The fourth-order valence-electron chi connectivity index (χ4n) is 2.80. The largest absolute Gasteiger partial charge is 0.493 e. The molecule has 0 radical (unpaired) electrons. The lowest BCUT2D eigenvalue weighted by Crippen LogP contribution is -2.34. The molecule has 1 aliphatic rings. The van der Waals surface area contributed by atoms with Gasteiger partial charge in [-0.05, 0) is 24.3 Å². The molecular weight excluding hydrogens is 408 g/mol. The van der Waals surface area contributed by atoms with E-state index in [0.29, 0.717) is 5.56 Å². The summed E-state index contributed by atoms with van der Waals surface area (Å²) < 4.78 is 62.4. The Bertz CT molecular complexity index is 1070. The highest BCUT2D eigenvalue weighted by molar-refractivity contribution is 7.90. The van der Waals surface area contributed by atoms with Crippen LogP contribution in [-0.2, 0) is 14.8 Å². The van der Waals surface area contributed by atoms with E-state index < -0.39 is 22.5 Å². The molecule has 0 unspecified atom stereocenters. The molecule has 0 atom stereocenters. The zero-order valence-corrected chi connectivity index (χ0v) is 16.2. The Hall–Kier alpha value is -3.21. The predicted octanol–water partition coefficient (Wildman–Crippen LogP) is 2.32. The standard InChI is InChI=1S/C18H17F2N3O5S/c1-23(17-12-5-3-4-6-15(12)29(25,26)22-17)10-16(24)21-11-7-8-13(27-2)14(9-11)28-18(19)20/h3-9,18H,10H2,1-2H3,(H,21,24). The third-order valence-corrected chi connectivity index (χ3v) is 5.34. The Kier molecular flexibility index (Phi) is 5.69. The number of halogens is 2. The minimum atomic E-state index is -3.81. The molecule has 0 spiro atoms. The van der Waals surface area contributed by atoms with E-state index in [1.165, 1.54) is 43.3 Å². The maximum atomic E-state index is 12.5. The number of anilines is 1. The molecule has 29 heavy (non-hydrogen) atoms. The number of sulfonamides is 1. The van der Waals surface area contributed by atoms with Crippen molar-refractivity contribution in [3.63, 3.8) is 0 Å². The third kappa shape index (κ3) is 4.45. The third-order valence-electron chi connectivity index (χ3n) is 4.02. The second-order valence-corrected chi connectivity index (χ2v) is 7.61. The van der Waals surface area contributed by atoms with E-state index in [-0.39, 0.29) is 34.5 Å². The van der Waals surface area contributed by atoms with Gasteiger partial charge in [0.2, 0.25) is 5.91 Å². The van der Waals surface area contributed by atoms with Crippen LogP contribution in [0.25, 0.3) is 0 Å². The second-order valence-electron chi connectivity index (χ2n) is 6.03. The van der Waals surface area contributed by atoms with Gasteiger partial charge in [-0.3, -0.25) is 4.79 Å². The van der Waals surface area contributed by atoms with Crippen LogP contribution in [0.1, 0.15) is 5.56 Å². The molecule has 8 nitrogen and oxygen atoms in total. The molecule has 1 aliphatic heterocycles. The molecule has 2 aromatic carbocycles. The maximum absolute atomic E-state index is 12.5. The number of nitrogens with one attached hydrogen (secondary N) is 1. The highest BCUT2D eigenvalue weighted by atomic mass is 32.2. The van der Waals surface area contributed by atoms with Crippen molar-refractivity contribution in [2.75, 3.05) is 26.0 Å². The number of amides is 1. The zero-order valence-electron chi connectivity index (χ0n) is 15.4. The predicted molar refractivity (Wildman–Crippen MR) is 101 cm³/mol. The van der Waals surface area contributed by atoms with Crippen molar-refractivity contribution in [1.82, 2.24) is 4.90 Å². The fraction of sp³-hybridized carbons (Fsp3) is 0.222. The van der Waals surface area contributed by atoms with Crippen LogP contribution in [0.3, 0.4) is 0 Å². The molecule has 3 rings (SSSR count). The summed E-state index contributed by atoms with van der Waals surface area (Å²) in [6.45, 7) is -3.27. The molecule has 0 aromatic heterocycles. The van der Waals surface area contributed by atoms with E-state index in [2.05, 4.69) is 14.5 Å². The van der Waals surface area contributed by atoms with Gasteiger partial charge in [-0.1, -0.05) is 12.1 Å². The van der Waals surface area contributed by atoms with E-state index in [4.69, 9.17) is 4.74 Å². The van der Waals surface area contributed by atoms with Crippen LogP contribution in [0.4, 0.5) is 14.5 Å². The molecule has 0 saturated heterocycles. The van der Waals surface area contributed by atoms with Gasteiger partial charge in [0.25, 0.3) is 10.0 Å². The number of fused-ring (bicyclic) bond motifs is 1. The molecule has 0 bridgehead atoms. The van der Waals surface area contributed by atoms with Gasteiger partial charge < -0.3 is 19.7 Å². The lowest BCUT2D eigenvalue weighted by molar-refractivity contribution is -0.116. The number of carbonyl (C=O) groups excluding carboxylic acids is 1. The highest BCUT2D eigenvalue weighted by Crippen LogP contribution is 2.31. The molecule has 154 valence electrons. The number of carbonyl (C=O) groups is 1. The van der Waals surface area contributed by atoms with E-state index in [9.17, 15) is 22.0 Å². The summed E-state index contributed by atoms with van der Waals surface area (Å²) >= 11 is 0. The second kappa shape index (κ2) is 8.03. The van der Waals surface area contributed by atoms with E-state index in [1.54, 1.807) is 18.2 Å². The van der Waals surface area contributed by atoms with Crippen molar-refractivity contribution in [2.24, 2.45) is 4.40 Å². The van der Waals surface area contributed by atoms with Gasteiger partial charge in [0.1, 0.15) is 4.90 Å². The summed E-state index contributed by atoms with van der Waals surface area (Å²) in [5.74, 6) is -0.506. The van der Waals surface area contributed by atoms with E-state index in [0.717, 1.165) is 0 Å². The van der Waals surface area contributed by atoms with Crippen molar-refractivity contribution in [3.05, 3.63) is 48.0 Å². The number of rotatable bonds is 6. The maximum Gasteiger partial charge on any atom is 0.387 e. The summed E-state index contributed by atoms with van der Waals surface area (Å²) in [5, 5.41) is 2.54. The van der Waals surface area contributed by atoms with Crippen LogP contribution in [0.15, 0.2) is 51.8 Å². The number of amidine groups is 1. The number of hydrogen-bond acceptors (Lipinski definition) is 6. The topological polar surface area (TPSA) is 97.3 Å². The van der Waals surface area contributed by atoms with E-state index in [1.807, 2.05) is 0 Å². The zero-order chi connectivity index (χ0) is 21.2. The van der Waals surface area contributed by atoms with Gasteiger partial charge >= 0.3 is 6.61 Å².